The molecule has 4 aromatic rings. The number of pyridine rings is 2. The van der Waals surface area contributed by atoms with Crippen molar-refractivity contribution in [1.29, 1.82) is 0 Å². The molecule has 4 bridgehead atoms. The van der Waals surface area contributed by atoms with Crippen LogP contribution in [0.5, 0.6) is 5.88 Å². The van der Waals surface area contributed by atoms with Gasteiger partial charge in [-0.2, -0.15) is 4.98 Å². The van der Waals surface area contributed by atoms with Crippen LogP contribution < -0.4 is 25.4 Å². The number of nitrogens with one attached hydrogen (secondary N) is 1. The number of carbonyl (C=O) groups excluding carboxylic acids is 1. The Hall–Kier alpha value is -4.73. The number of benzene rings is 1. The van der Waals surface area contributed by atoms with E-state index in [0.717, 1.165) is 47.3 Å². The largest absolute Gasteiger partial charge is 0.478 e. The van der Waals surface area contributed by atoms with E-state index in [-0.39, 0.29) is 11.5 Å². The van der Waals surface area contributed by atoms with E-state index in [4.69, 9.17) is 9.72 Å². The molecule has 0 saturated carbocycles. The standard InChI is InChI=1S/C29H29N7O3/c1-3-25(37)35-14-13-34(22-9-7-8-19(2)26(22)35)23-16-20-18-31-29-32-21-10-11-30-24(17-21)39-15-6-4-5-12-36(28(23)38)27(20)33-29/h3,7-11,16-18H,1,4-6,12-15H2,2H3,(H,31,32,33). The van der Waals surface area contributed by atoms with Gasteiger partial charge in [-0.25, -0.2) is 9.97 Å². The first kappa shape index (κ1) is 24.6. The molecule has 0 atom stereocenters. The van der Waals surface area contributed by atoms with Crippen LogP contribution in [-0.2, 0) is 11.3 Å². The zero-order valence-electron chi connectivity index (χ0n) is 21.8. The van der Waals surface area contributed by atoms with Crippen LogP contribution in [0.4, 0.5) is 28.7 Å². The van der Waals surface area contributed by atoms with Crippen LogP contribution in [-0.4, -0.2) is 45.1 Å². The molecule has 1 N–H and O–H groups in total. The second-order valence-corrected chi connectivity index (χ2v) is 9.66. The maximum Gasteiger partial charge on any atom is 0.276 e. The van der Waals surface area contributed by atoms with E-state index in [1.807, 2.05) is 48.2 Å². The van der Waals surface area contributed by atoms with Crippen LogP contribution in [0.15, 0.2) is 66.2 Å². The van der Waals surface area contributed by atoms with E-state index in [2.05, 4.69) is 21.9 Å². The average Bonchev–Trinajstić information content (AvgIpc) is 2.95. The number of hydrogen-bond donors (Lipinski definition) is 1. The summed E-state index contributed by atoms with van der Waals surface area (Å²) >= 11 is 0. The third kappa shape index (κ3) is 4.58. The zero-order valence-corrected chi connectivity index (χ0v) is 21.8. The molecule has 0 radical (unpaired) electrons. The van der Waals surface area contributed by atoms with Crippen molar-refractivity contribution in [2.24, 2.45) is 0 Å². The number of amides is 1. The number of carbonyl (C=O) groups is 1. The predicted octanol–water partition coefficient (Wildman–Crippen LogP) is 4.47. The second kappa shape index (κ2) is 10.2. The normalized spacial score (nSPS) is 15.2. The van der Waals surface area contributed by atoms with Gasteiger partial charge in [0.25, 0.3) is 11.5 Å². The smallest absolute Gasteiger partial charge is 0.276 e. The van der Waals surface area contributed by atoms with Crippen LogP contribution in [0, 0.1) is 6.92 Å². The molecule has 6 rings (SSSR count). The number of hydrogen-bond acceptors (Lipinski definition) is 8. The Bertz CT molecular complexity index is 1650. The number of ether oxygens (including phenoxy) is 1. The SMILES string of the molecule is C=CC(=O)N1CCN(c2cc3cnc4nc3n(c2=O)CCCCCOc2cc(ccn2)N4)c2cccc(C)c21. The maximum atomic E-state index is 14.1. The van der Waals surface area contributed by atoms with Gasteiger partial charge in [-0.15, -0.1) is 0 Å². The first-order valence-electron chi connectivity index (χ1n) is 13.1. The fourth-order valence-electron chi connectivity index (χ4n) is 5.25. The van der Waals surface area contributed by atoms with Gasteiger partial charge in [-0.1, -0.05) is 18.7 Å². The van der Waals surface area contributed by atoms with Gasteiger partial charge in [0.05, 0.1) is 18.0 Å². The molecule has 0 spiro atoms. The summed E-state index contributed by atoms with van der Waals surface area (Å²) in [5.41, 5.74) is 4.29. The first-order valence-corrected chi connectivity index (χ1v) is 13.1. The van der Waals surface area contributed by atoms with E-state index in [1.165, 1.54) is 6.08 Å². The van der Waals surface area contributed by atoms with Crippen molar-refractivity contribution in [3.63, 3.8) is 0 Å². The summed E-state index contributed by atoms with van der Waals surface area (Å²) < 4.78 is 7.55. The monoisotopic (exact) mass is 523 g/mol. The van der Waals surface area contributed by atoms with E-state index in [9.17, 15) is 9.59 Å². The topological polar surface area (TPSA) is 105 Å². The van der Waals surface area contributed by atoms with Crippen LogP contribution in [0.25, 0.3) is 11.0 Å². The van der Waals surface area contributed by atoms with E-state index in [1.54, 1.807) is 21.9 Å². The molecular weight excluding hydrogens is 494 g/mol. The molecular formula is C29H29N7O3. The van der Waals surface area contributed by atoms with Crippen molar-refractivity contribution in [3.05, 3.63) is 77.4 Å². The number of fused-ring (bicyclic) bond motifs is 4. The van der Waals surface area contributed by atoms with Gasteiger partial charge in [0.1, 0.15) is 11.3 Å². The molecule has 5 heterocycles. The molecule has 0 unspecified atom stereocenters. The summed E-state index contributed by atoms with van der Waals surface area (Å²) in [5, 5.41) is 3.97. The fraction of sp³-hybridized carbons (Fsp3) is 0.276. The average molecular weight is 524 g/mol. The minimum absolute atomic E-state index is 0.127. The molecule has 10 heteroatoms. The van der Waals surface area contributed by atoms with Crippen LogP contribution >= 0.6 is 0 Å². The van der Waals surface area contributed by atoms with Gasteiger partial charge in [-0.3, -0.25) is 14.2 Å². The summed E-state index contributed by atoms with van der Waals surface area (Å²) in [6, 6.07) is 11.3. The van der Waals surface area contributed by atoms with Gasteiger partial charge < -0.3 is 19.9 Å². The fourth-order valence-corrected chi connectivity index (χ4v) is 5.25. The molecule has 3 aromatic heterocycles. The van der Waals surface area contributed by atoms with Crippen LogP contribution in [0.1, 0.15) is 24.8 Å². The number of rotatable bonds is 2. The Morgan fingerprint density at radius 2 is 1.97 bits per heavy atom. The highest BCUT2D eigenvalue weighted by molar-refractivity contribution is 6.05. The minimum Gasteiger partial charge on any atom is -0.478 e. The molecule has 10 nitrogen and oxygen atoms in total. The van der Waals surface area contributed by atoms with Gasteiger partial charge in [0, 0.05) is 49.2 Å². The Labute approximate surface area is 225 Å². The quantitative estimate of drug-likeness (QED) is 0.384. The van der Waals surface area contributed by atoms with Crippen molar-refractivity contribution in [2.45, 2.75) is 32.7 Å². The van der Waals surface area contributed by atoms with Crippen LogP contribution in [0.2, 0.25) is 0 Å². The summed E-state index contributed by atoms with van der Waals surface area (Å²) in [5.74, 6) is 0.771. The number of aromatic nitrogens is 4. The van der Waals surface area contributed by atoms with Gasteiger partial charge in [0.2, 0.25) is 11.8 Å². The third-order valence-corrected chi connectivity index (χ3v) is 7.13. The van der Waals surface area contributed by atoms with Crippen molar-refractivity contribution < 1.29 is 9.53 Å². The van der Waals surface area contributed by atoms with Crippen molar-refractivity contribution >= 4 is 45.6 Å². The lowest BCUT2D eigenvalue weighted by molar-refractivity contribution is -0.114. The summed E-state index contributed by atoms with van der Waals surface area (Å²) in [4.78, 5) is 44.0. The third-order valence-electron chi connectivity index (χ3n) is 7.13. The summed E-state index contributed by atoms with van der Waals surface area (Å²) in [6.45, 7) is 7.60. The number of aryl methyl sites for hydroxylation is 2. The molecule has 1 amide bonds. The summed E-state index contributed by atoms with van der Waals surface area (Å²) in [7, 11) is 0. The number of para-hydroxylation sites is 1. The van der Waals surface area contributed by atoms with E-state index < -0.39 is 0 Å². The molecule has 2 aliphatic rings. The van der Waals surface area contributed by atoms with Gasteiger partial charge in [0.15, 0.2) is 0 Å². The zero-order chi connectivity index (χ0) is 26.9. The second-order valence-electron chi connectivity index (χ2n) is 9.66. The Balaban J connectivity index is 1.48. The molecule has 0 fully saturated rings. The van der Waals surface area contributed by atoms with Crippen molar-refractivity contribution in [2.75, 3.05) is 34.8 Å². The lowest BCUT2D eigenvalue weighted by atomic mass is 10.1. The van der Waals surface area contributed by atoms with Gasteiger partial charge in [-0.05, 0) is 56.0 Å². The number of nitrogens with zero attached hydrogens (tertiary/aromatic N) is 6. The Kier molecular flexibility index (Phi) is 6.44. The Morgan fingerprint density at radius 3 is 2.85 bits per heavy atom. The highest BCUT2D eigenvalue weighted by Gasteiger charge is 2.30. The minimum atomic E-state index is -0.159. The lowest BCUT2D eigenvalue weighted by Gasteiger charge is -2.38. The van der Waals surface area contributed by atoms with Crippen LogP contribution in [0.3, 0.4) is 0 Å². The maximum absolute atomic E-state index is 14.1. The lowest BCUT2D eigenvalue weighted by Crippen LogP contribution is -2.44. The highest BCUT2D eigenvalue weighted by atomic mass is 16.5. The predicted molar refractivity (Wildman–Crippen MR) is 151 cm³/mol. The van der Waals surface area contributed by atoms with E-state index >= 15 is 0 Å². The summed E-state index contributed by atoms with van der Waals surface area (Å²) in [6.07, 6.45) is 7.27. The molecule has 1 aromatic carbocycles. The number of anilines is 5. The molecule has 39 heavy (non-hydrogen) atoms. The Morgan fingerprint density at radius 1 is 1.08 bits per heavy atom. The molecule has 198 valence electrons. The molecule has 2 aliphatic heterocycles. The van der Waals surface area contributed by atoms with E-state index in [0.29, 0.717) is 49.4 Å². The van der Waals surface area contributed by atoms with Gasteiger partial charge >= 0.3 is 0 Å². The van der Waals surface area contributed by atoms with Crippen molar-refractivity contribution in [1.82, 2.24) is 19.5 Å². The molecule has 0 saturated heterocycles. The molecule has 0 aliphatic carbocycles. The highest BCUT2D eigenvalue weighted by Crippen LogP contribution is 2.39. The van der Waals surface area contributed by atoms with Crippen molar-refractivity contribution in [3.8, 4) is 5.88 Å². The first-order chi connectivity index (χ1) is 19.0.